The summed E-state index contributed by atoms with van der Waals surface area (Å²) in [6, 6.07) is 7.97. The third kappa shape index (κ3) is 2.72. The summed E-state index contributed by atoms with van der Waals surface area (Å²) >= 11 is 0. The Hall–Kier alpha value is -2.27. The van der Waals surface area contributed by atoms with E-state index in [1.54, 1.807) is 14.2 Å². The fourth-order valence-electron chi connectivity index (χ4n) is 2.90. The zero-order valence-electron chi connectivity index (χ0n) is 12.9. The van der Waals surface area contributed by atoms with E-state index in [1.165, 1.54) is 11.1 Å². The first-order chi connectivity index (χ1) is 10.7. The van der Waals surface area contributed by atoms with Crippen LogP contribution in [0.5, 0.6) is 11.5 Å². The molecule has 0 bridgehead atoms. The Morgan fingerprint density at radius 3 is 2.91 bits per heavy atom. The molecule has 0 amide bonds. The summed E-state index contributed by atoms with van der Waals surface area (Å²) in [5, 5.41) is 3.41. The number of methoxy groups -OCH3 is 2. The van der Waals surface area contributed by atoms with Crippen LogP contribution in [0.3, 0.4) is 0 Å². The summed E-state index contributed by atoms with van der Waals surface area (Å²) < 4.78 is 10.6. The maximum Gasteiger partial charge on any atom is 0.129 e. The molecule has 1 aliphatic rings. The number of fused-ring (bicyclic) bond motifs is 1. The van der Waals surface area contributed by atoms with Crippen molar-refractivity contribution in [2.45, 2.75) is 25.4 Å². The minimum Gasteiger partial charge on any atom is -0.497 e. The lowest BCUT2D eigenvalue weighted by Gasteiger charge is -2.14. The number of nitrogens with zero attached hydrogens (tertiary/aromatic N) is 1. The molecule has 116 valence electrons. The highest BCUT2D eigenvalue weighted by Gasteiger charge is 2.22. The van der Waals surface area contributed by atoms with Crippen LogP contribution in [0.25, 0.3) is 0 Å². The van der Waals surface area contributed by atoms with E-state index in [0.29, 0.717) is 6.54 Å². The molecule has 1 aromatic carbocycles. The van der Waals surface area contributed by atoms with Crippen molar-refractivity contribution < 1.29 is 9.47 Å². The van der Waals surface area contributed by atoms with E-state index in [2.05, 4.69) is 10.3 Å². The van der Waals surface area contributed by atoms with Crippen molar-refractivity contribution in [1.82, 2.24) is 4.98 Å². The second-order valence-corrected chi connectivity index (χ2v) is 5.40. The maximum absolute atomic E-state index is 6.11. The summed E-state index contributed by atoms with van der Waals surface area (Å²) in [7, 11) is 3.31. The maximum atomic E-state index is 6.11. The van der Waals surface area contributed by atoms with E-state index in [9.17, 15) is 0 Å². The molecule has 0 aliphatic heterocycles. The highest BCUT2D eigenvalue weighted by molar-refractivity contribution is 5.53. The fourth-order valence-corrected chi connectivity index (χ4v) is 2.90. The van der Waals surface area contributed by atoms with Crippen LogP contribution in [0.1, 0.15) is 29.2 Å². The number of rotatable bonds is 5. The molecule has 1 aromatic heterocycles. The molecular formula is C17H21N3O2. The Morgan fingerprint density at radius 2 is 2.14 bits per heavy atom. The number of nitrogens with one attached hydrogen (secondary N) is 1. The highest BCUT2D eigenvalue weighted by atomic mass is 16.5. The average Bonchev–Trinajstić information content (AvgIpc) is 2.94. The molecule has 1 aliphatic carbocycles. The van der Waals surface area contributed by atoms with Gasteiger partial charge in [0.15, 0.2) is 0 Å². The normalized spacial score (nSPS) is 16.2. The SMILES string of the molecule is COc1ccc(CNc2nccc3c2CCC3N)c(OC)c1. The first-order valence-electron chi connectivity index (χ1n) is 7.41. The van der Waals surface area contributed by atoms with Crippen LogP contribution in [0, 0.1) is 0 Å². The Bertz CT molecular complexity index is 673. The molecule has 0 radical (unpaired) electrons. The average molecular weight is 299 g/mol. The number of benzene rings is 1. The van der Waals surface area contributed by atoms with Gasteiger partial charge in [-0.3, -0.25) is 0 Å². The van der Waals surface area contributed by atoms with Crippen LogP contribution in [0.15, 0.2) is 30.5 Å². The van der Waals surface area contributed by atoms with Gasteiger partial charge in [0.2, 0.25) is 0 Å². The van der Waals surface area contributed by atoms with Gasteiger partial charge >= 0.3 is 0 Å². The Labute approximate surface area is 130 Å². The van der Waals surface area contributed by atoms with Crippen molar-refractivity contribution in [1.29, 1.82) is 0 Å². The zero-order valence-corrected chi connectivity index (χ0v) is 12.9. The molecule has 22 heavy (non-hydrogen) atoms. The van der Waals surface area contributed by atoms with Gasteiger partial charge in [-0.15, -0.1) is 0 Å². The van der Waals surface area contributed by atoms with Crippen LogP contribution >= 0.6 is 0 Å². The summed E-state index contributed by atoms with van der Waals surface area (Å²) in [4.78, 5) is 4.46. The predicted molar refractivity (Wildman–Crippen MR) is 86.4 cm³/mol. The van der Waals surface area contributed by atoms with Gasteiger partial charge in [0, 0.05) is 30.4 Å². The Balaban J connectivity index is 1.79. The third-order valence-corrected chi connectivity index (χ3v) is 4.14. The largest absolute Gasteiger partial charge is 0.497 e. The number of pyridine rings is 1. The first kappa shape index (κ1) is 14.7. The molecule has 3 rings (SSSR count). The lowest BCUT2D eigenvalue weighted by molar-refractivity contribution is 0.391. The van der Waals surface area contributed by atoms with Crippen molar-refractivity contribution in [3.63, 3.8) is 0 Å². The number of anilines is 1. The van der Waals surface area contributed by atoms with Crippen LogP contribution in [-0.4, -0.2) is 19.2 Å². The molecule has 0 saturated carbocycles. The summed E-state index contributed by atoms with van der Waals surface area (Å²) in [6.45, 7) is 0.645. The van der Waals surface area contributed by atoms with Crippen LogP contribution in [0.2, 0.25) is 0 Å². The lowest BCUT2D eigenvalue weighted by Crippen LogP contribution is -2.08. The number of nitrogens with two attached hydrogens (primary N) is 1. The second kappa shape index (κ2) is 6.23. The van der Waals surface area contributed by atoms with Gasteiger partial charge in [-0.05, 0) is 42.2 Å². The number of hydrogen-bond acceptors (Lipinski definition) is 5. The van der Waals surface area contributed by atoms with Crippen molar-refractivity contribution in [3.05, 3.63) is 47.2 Å². The summed E-state index contributed by atoms with van der Waals surface area (Å²) in [5.41, 5.74) is 9.62. The summed E-state index contributed by atoms with van der Waals surface area (Å²) in [6.07, 6.45) is 3.78. The monoisotopic (exact) mass is 299 g/mol. The molecule has 1 atom stereocenters. The van der Waals surface area contributed by atoms with Crippen LogP contribution < -0.4 is 20.5 Å². The van der Waals surface area contributed by atoms with Crippen LogP contribution in [0.4, 0.5) is 5.82 Å². The molecule has 2 aromatic rings. The van der Waals surface area contributed by atoms with Crippen molar-refractivity contribution >= 4 is 5.82 Å². The molecule has 1 unspecified atom stereocenters. The predicted octanol–water partition coefficient (Wildman–Crippen LogP) is 2.66. The molecule has 0 fully saturated rings. The van der Waals surface area contributed by atoms with Crippen molar-refractivity contribution in [3.8, 4) is 11.5 Å². The minimum absolute atomic E-state index is 0.133. The topological polar surface area (TPSA) is 69.4 Å². The molecule has 3 N–H and O–H groups in total. The minimum atomic E-state index is 0.133. The number of ether oxygens (including phenoxy) is 2. The van der Waals surface area contributed by atoms with E-state index in [1.807, 2.05) is 30.5 Å². The number of hydrogen-bond donors (Lipinski definition) is 2. The van der Waals surface area contributed by atoms with Gasteiger partial charge in [-0.25, -0.2) is 4.98 Å². The highest BCUT2D eigenvalue weighted by Crippen LogP contribution is 2.33. The van der Waals surface area contributed by atoms with Gasteiger partial charge in [-0.2, -0.15) is 0 Å². The first-order valence-corrected chi connectivity index (χ1v) is 7.41. The fraction of sp³-hybridized carbons (Fsp3) is 0.353. The zero-order chi connectivity index (χ0) is 15.5. The van der Waals surface area contributed by atoms with Gasteiger partial charge in [0.25, 0.3) is 0 Å². The molecule has 5 heteroatoms. The Kier molecular flexibility index (Phi) is 4.15. The van der Waals surface area contributed by atoms with Gasteiger partial charge in [-0.1, -0.05) is 0 Å². The van der Waals surface area contributed by atoms with Crippen molar-refractivity contribution in [2.75, 3.05) is 19.5 Å². The Morgan fingerprint density at radius 1 is 1.27 bits per heavy atom. The number of aromatic nitrogens is 1. The van der Waals surface area contributed by atoms with Gasteiger partial charge in [0.1, 0.15) is 17.3 Å². The smallest absolute Gasteiger partial charge is 0.129 e. The molecule has 0 spiro atoms. The second-order valence-electron chi connectivity index (χ2n) is 5.40. The molecule has 0 saturated heterocycles. The van der Waals surface area contributed by atoms with Gasteiger partial charge in [0.05, 0.1) is 14.2 Å². The van der Waals surface area contributed by atoms with Crippen molar-refractivity contribution in [2.24, 2.45) is 5.73 Å². The quantitative estimate of drug-likeness (QED) is 0.888. The van der Waals surface area contributed by atoms with E-state index in [4.69, 9.17) is 15.2 Å². The molecule has 5 nitrogen and oxygen atoms in total. The lowest BCUT2D eigenvalue weighted by atomic mass is 10.1. The molecular weight excluding hydrogens is 278 g/mol. The van der Waals surface area contributed by atoms with Crippen LogP contribution in [-0.2, 0) is 13.0 Å². The van der Waals surface area contributed by atoms with E-state index in [0.717, 1.165) is 35.7 Å². The summed E-state index contributed by atoms with van der Waals surface area (Å²) in [5.74, 6) is 2.50. The third-order valence-electron chi connectivity index (χ3n) is 4.14. The molecule has 1 heterocycles. The standard InChI is InChI=1S/C17H21N3O2/c1-21-12-4-3-11(16(9-12)22-2)10-20-17-14-5-6-15(18)13(14)7-8-19-17/h3-4,7-9,15H,5-6,10,18H2,1-2H3,(H,19,20). The van der Waals surface area contributed by atoms with Gasteiger partial charge < -0.3 is 20.5 Å². The van der Waals surface area contributed by atoms with E-state index < -0.39 is 0 Å². The van der Waals surface area contributed by atoms with E-state index >= 15 is 0 Å². The van der Waals surface area contributed by atoms with E-state index in [-0.39, 0.29) is 6.04 Å².